The van der Waals surface area contributed by atoms with Gasteiger partial charge in [0.25, 0.3) is 0 Å². The third-order valence-corrected chi connectivity index (χ3v) is 4.03. The number of nitrogens with zero attached hydrogens (tertiary/aromatic N) is 3. The van der Waals surface area contributed by atoms with Gasteiger partial charge in [0.2, 0.25) is 12.7 Å². The van der Waals surface area contributed by atoms with E-state index in [9.17, 15) is 0 Å². The third kappa shape index (κ3) is 3.37. The second kappa shape index (κ2) is 6.87. The van der Waals surface area contributed by atoms with Gasteiger partial charge in [0.05, 0.1) is 6.20 Å². The fourth-order valence-corrected chi connectivity index (χ4v) is 2.77. The Morgan fingerprint density at radius 3 is 2.73 bits per heavy atom. The number of ether oxygens (including phenoxy) is 2. The maximum absolute atomic E-state index is 5.38. The van der Waals surface area contributed by atoms with Crippen LogP contribution >= 0.6 is 0 Å². The molecule has 3 aromatic rings. The number of anilines is 4. The Hall–Kier alpha value is -3.35. The van der Waals surface area contributed by atoms with E-state index in [2.05, 4.69) is 45.7 Å². The molecule has 7 nitrogen and oxygen atoms in total. The Labute approximate surface area is 151 Å². The van der Waals surface area contributed by atoms with E-state index in [0.29, 0.717) is 23.4 Å². The molecule has 0 amide bonds. The molecule has 1 aliphatic rings. The van der Waals surface area contributed by atoms with Crippen LogP contribution in [0.4, 0.5) is 23.1 Å². The van der Waals surface area contributed by atoms with Crippen molar-refractivity contribution in [1.29, 1.82) is 0 Å². The number of benzene rings is 2. The van der Waals surface area contributed by atoms with Crippen molar-refractivity contribution < 1.29 is 9.47 Å². The lowest BCUT2D eigenvalue weighted by atomic mass is 10.0. The number of fused-ring (bicyclic) bond motifs is 1. The molecule has 26 heavy (non-hydrogen) atoms. The Morgan fingerprint density at radius 2 is 1.85 bits per heavy atom. The first-order valence-electron chi connectivity index (χ1n) is 8.41. The highest BCUT2D eigenvalue weighted by Gasteiger charge is 2.14. The van der Waals surface area contributed by atoms with Gasteiger partial charge in [-0.3, -0.25) is 0 Å². The van der Waals surface area contributed by atoms with Crippen molar-refractivity contribution in [3.05, 3.63) is 54.2 Å². The topological polar surface area (TPSA) is 81.2 Å². The minimum absolute atomic E-state index is 0.242. The zero-order valence-electron chi connectivity index (χ0n) is 14.6. The quantitative estimate of drug-likeness (QED) is 0.714. The highest BCUT2D eigenvalue weighted by atomic mass is 16.7. The molecular formula is C19H19N5O2. The van der Waals surface area contributed by atoms with Crippen LogP contribution in [0.25, 0.3) is 0 Å². The van der Waals surface area contributed by atoms with Crippen LogP contribution in [0, 0.1) is 0 Å². The van der Waals surface area contributed by atoms with E-state index in [1.807, 2.05) is 36.4 Å². The van der Waals surface area contributed by atoms with E-state index in [-0.39, 0.29) is 6.79 Å². The van der Waals surface area contributed by atoms with Gasteiger partial charge in [0.15, 0.2) is 17.3 Å². The van der Waals surface area contributed by atoms with Crippen LogP contribution in [-0.2, 0) is 0 Å². The summed E-state index contributed by atoms with van der Waals surface area (Å²) in [4.78, 5) is 4.49. The molecule has 0 atom stereocenters. The minimum Gasteiger partial charge on any atom is -0.454 e. The van der Waals surface area contributed by atoms with E-state index in [4.69, 9.17) is 9.47 Å². The number of nitrogens with one attached hydrogen (secondary N) is 2. The average molecular weight is 349 g/mol. The molecule has 2 aromatic carbocycles. The van der Waals surface area contributed by atoms with Crippen LogP contribution in [0.1, 0.15) is 25.3 Å². The van der Waals surface area contributed by atoms with E-state index in [1.165, 1.54) is 5.56 Å². The van der Waals surface area contributed by atoms with Crippen molar-refractivity contribution >= 4 is 23.1 Å². The van der Waals surface area contributed by atoms with Gasteiger partial charge in [-0.15, -0.1) is 5.10 Å². The molecule has 0 bridgehead atoms. The molecule has 4 rings (SSSR count). The number of hydrogen-bond donors (Lipinski definition) is 2. The normalized spacial score (nSPS) is 12.3. The lowest BCUT2D eigenvalue weighted by Gasteiger charge is -2.14. The van der Waals surface area contributed by atoms with Crippen molar-refractivity contribution in [3.8, 4) is 11.5 Å². The maximum Gasteiger partial charge on any atom is 0.249 e. The Morgan fingerprint density at radius 1 is 1.00 bits per heavy atom. The van der Waals surface area contributed by atoms with Crippen molar-refractivity contribution in [1.82, 2.24) is 15.2 Å². The zero-order valence-corrected chi connectivity index (χ0v) is 14.6. The number of rotatable bonds is 5. The zero-order chi connectivity index (χ0) is 17.9. The summed E-state index contributed by atoms with van der Waals surface area (Å²) in [6, 6.07) is 13.7. The van der Waals surface area contributed by atoms with Crippen LogP contribution in [0.5, 0.6) is 11.5 Å². The number of para-hydroxylation sites is 1. The van der Waals surface area contributed by atoms with Crippen LogP contribution in [0.2, 0.25) is 0 Å². The Balaban J connectivity index is 1.54. The van der Waals surface area contributed by atoms with Crippen molar-refractivity contribution in [2.24, 2.45) is 0 Å². The molecule has 132 valence electrons. The first-order valence-corrected chi connectivity index (χ1v) is 8.41. The minimum atomic E-state index is 0.242. The van der Waals surface area contributed by atoms with Crippen LogP contribution in [0.15, 0.2) is 48.7 Å². The molecule has 1 aromatic heterocycles. The predicted molar refractivity (Wildman–Crippen MR) is 99.5 cm³/mol. The molecule has 2 N–H and O–H groups in total. The number of hydrogen-bond acceptors (Lipinski definition) is 7. The van der Waals surface area contributed by atoms with Gasteiger partial charge in [-0.05, 0) is 29.7 Å². The second-order valence-electron chi connectivity index (χ2n) is 6.23. The van der Waals surface area contributed by atoms with Crippen LogP contribution in [-0.4, -0.2) is 22.0 Å². The fraction of sp³-hybridized carbons (Fsp3) is 0.211. The van der Waals surface area contributed by atoms with Crippen LogP contribution < -0.4 is 20.1 Å². The highest BCUT2D eigenvalue weighted by molar-refractivity contribution is 5.63. The van der Waals surface area contributed by atoms with Crippen molar-refractivity contribution in [2.45, 2.75) is 19.8 Å². The lowest BCUT2D eigenvalue weighted by molar-refractivity contribution is 0.174. The van der Waals surface area contributed by atoms with Gasteiger partial charge in [0, 0.05) is 17.4 Å². The SMILES string of the molecule is CC(C)c1ccccc1Nc1cnnc(Nc2ccc3c(c2)OCO3)n1. The molecular weight excluding hydrogens is 330 g/mol. The van der Waals surface area contributed by atoms with Gasteiger partial charge < -0.3 is 20.1 Å². The Bertz CT molecular complexity index is 929. The van der Waals surface area contributed by atoms with Crippen molar-refractivity contribution in [3.63, 3.8) is 0 Å². The fourth-order valence-electron chi connectivity index (χ4n) is 2.77. The molecule has 0 spiro atoms. The van der Waals surface area contributed by atoms with E-state index in [0.717, 1.165) is 17.1 Å². The third-order valence-electron chi connectivity index (χ3n) is 4.03. The summed E-state index contributed by atoms with van der Waals surface area (Å²) < 4.78 is 10.7. The number of aromatic nitrogens is 3. The molecule has 0 unspecified atom stereocenters. The summed E-state index contributed by atoms with van der Waals surface area (Å²) >= 11 is 0. The smallest absolute Gasteiger partial charge is 0.249 e. The molecule has 0 saturated carbocycles. The standard InChI is InChI=1S/C19H19N5O2/c1-12(2)14-5-3-4-6-15(14)22-18-10-20-24-19(23-18)21-13-7-8-16-17(9-13)26-11-25-16/h3-10,12H,11H2,1-2H3,(H2,21,22,23,24). The summed E-state index contributed by atoms with van der Waals surface area (Å²) in [6.07, 6.45) is 1.60. The highest BCUT2D eigenvalue weighted by Crippen LogP contribution is 2.34. The maximum atomic E-state index is 5.38. The average Bonchev–Trinajstić information content (AvgIpc) is 3.10. The summed E-state index contributed by atoms with van der Waals surface area (Å²) in [5.41, 5.74) is 3.03. The van der Waals surface area contributed by atoms with Gasteiger partial charge >= 0.3 is 0 Å². The summed E-state index contributed by atoms with van der Waals surface area (Å²) in [7, 11) is 0. The van der Waals surface area contributed by atoms with Crippen LogP contribution in [0.3, 0.4) is 0 Å². The summed E-state index contributed by atoms with van der Waals surface area (Å²) in [5, 5.41) is 14.5. The largest absolute Gasteiger partial charge is 0.454 e. The van der Waals surface area contributed by atoms with Gasteiger partial charge in [-0.25, -0.2) is 0 Å². The van der Waals surface area contributed by atoms with Crippen molar-refractivity contribution in [2.75, 3.05) is 17.4 Å². The molecule has 1 aliphatic heterocycles. The molecule has 0 fully saturated rings. The lowest BCUT2D eigenvalue weighted by Crippen LogP contribution is -2.04. The van der Waals surface area contributed by atoms with E-state index < -0.39 is 0 Å². The molecule has 0 radical (unpaired) electrons. The Kier molecular flexibility index (Phi) is 4.27. The first-order chi connectivity index (χ1) is 12.7. The van der Waals surface area contributed by atoms with Gasteiger partial charge in [-0.1, -0.05) is 32.0 Å². The van der Waals surface area contributed by atoms with Gasteiger partial charge in [0.1, 0.15) is 0 Å². The first kappa shape index (κ1) is 16.1. The summed E-state index contributed by atoms with van der Waals surface area (Å²) in [6.45, 7) is 4.56. The molecule has 7 heteroatoms. The molecule has 0 saturated heterocycles. The van der Waals surface area contributed by atoms with E-state index >= 15 is 0 Å². The van der Waals surface area contributed by atoms with Gasteiger partial charge in [-0.2, -0.15) is 10.1 Å². The predicted octanol–water partition coefficient (Wildman–Crippen LogP) is 4.21. The second-order valence-corrected chi connectivity index (χ2v) is 6.23. The summed E-state index contributed by atoms with van der Waals surface area (Å²) in [5.74, 6) is 2.85. The molecule has 2 heterocycles. The van der Waals surface area contributed by atoms with E-state index in [1.54, 1.807) is 6.20 Å². The monoisotopic (exact) mass is 349 g/mol. The molecule has 0 aliphatic carbocycles.